The van der Waals surface area contributed by atoms with Gasteiger partial charge in [0.2, 0.25) is 0 Å². The summed E-state index contributed by atoms with van der Waals surface area (Å²) in [5, 5.41) is 14.3. The number of non-ortho nitro benzene ring substituents is 1. The van der Waals surface area contributed by atoms with Crippen LogP contribution in [0.15, 0.2) is 18.2 Å². The highest BCUT2D eigenvalue weighted by Crippen LogP contribution is 2.23. The number of hydrogen-bond donors (Lipinski definition) is 1. The number of carbonyl (C=O) groups is 1. The van der Waals surface area contributed by atoms with Gasteiger partial charge in [0, 0.05) is 47.9 Å². The van der Waals surface area contributed by atoms with E-state index in [-0.39, 0.29) is 34.3 Å². The number of halogens is 1. The summed E-state index contributed by atoms with van der Waals surface area (Å²) in [7, 11) is 0. The lowest BCUT2D eigenvalue weighted by atomic mass is 10.1. The van der Waals surface area contributed by atoms with E-state index in [1.54, 1.807) is 4.90 Å². The molecule has 6 nitrogen and oxygen atoms in total. The lowest BCUT2D eigenvalue weighted by Crippen LogP contribution is -2.56. The largest absolute Gasteiger partial charge is 0.333 e. The molecule has 2 unspecified atom stereocenters. The summed E-state index contributed by atoms with van der Waals surface area (Å²) in [4.78, 5) is 24.5. The fraction of sp³-hybridized carbons (Fsp3) is 0.462. The zero-order valence-electron chi connectivity index (χ0n) is 11.3. The van der Waals surface area contributed by atoms with Crippen molar-refractivity contribution in [3.8, 4) is 0 Å². The summed E-state index contributed by atoms with van der Waals surface area (Å²) >= 11 is 5.85. The van der Waals surface area contributed by atoms with E-state index in [1.807, 2.05) is 13.8 Å². The van der Waals surface area contributed by atoms with Crippen LogP contribution in [0, 0.1) is 10.1 Å². The molecule has 1 aliphatic rings. The molecule has 0 aliphatic carbocycles. The molecule has 1 fully saturated rings. The van der Waals surface area contributed by atoms with Gasteiger partial charge in [0.05, 0.1) is 4.92 Å². The molecule has 0 saturated carbocycles. The Morgan fingerprint density at radius 3 is 2.80 bits per heavy atom. The summed E-state index contributed by atoms with van der Waals surface area (Å²) < 4.78 is 0. The molecule has 1 aliphatic heterocycles. The zero-order valence-corrected chi connectivity index (χ0v) is 12.1. The van der Waals surface area contributed by atoms with Crippen LogP contribution in [0.25, 0.3) is 0 Å². The van der Waals surface area contributed by atoms with Crippen LogP contribution in [0.2, 0.25) is 5.02 Å². The molecular weight excluding hydrogens is 282 g/mol. The molecule has 20 heavy (non-hydrogen) atoms. The lowest BCUT2D eigenvalue weighted by Gasteiger charge is -2.37. The Labute approximate surface area is 121 Å². The Bertz CT molecular complexity index is 550. The van der Waals surface area contributed by atoms with Crippen molar-refractivity contribution in [1.82, 2.24) is 10.2 Å². The number of hydrogen-bond acceptors (Lipinski definition) is 4. The van der Waals surface area contributed by atoms with Crippen molar-refractivity contribution in [2.45, 2.75) is 25.9 Å². The number of benzene rings is 1. The van der Waals surface area contributed by atoms with Gasteiger partial charge in [-0.05, 0) is 19.9 Å². The number of amides is 1. The number of nitro groups is 1. The summed E-state index contributed by atoms with van der Waals surface area (Å²) in [5.74, 6) is -0.226. The standard InChI is InChI=1S/C13H16ClN3O3/c1-8-7-16(9(2)6-15-8)13(18)10-3-11(14)5-12(4-10)17(19)20/h3-5,8-9,15H,6-7H2,1-2H3. The molecule has 2 atom stereocenters. The topological polar surface area (TPSA) is 75.5 Å². The second-order valence-electron chi connectivity index (χ2n) is 5.07. The maximum atomic E-state index is 12.5. The van der Waals surface area contributed by atoms with Gasteiger partial charge in [0.15, 0.2) is 0 Å². The molecule has 0 bridgehead atoms. The van der Waals surface area contributed by atoms with Crippen LogP contribution in [-0.2, 0) is 0 Å². The van der Waals surface area contributed by atoms with Gasteiger partial charge >= 0.3 is 0 Å². The van der Waals surface area contributed by atoms with Gasteiger partial charge in [-0.3, -0.25) is 14.9 Å². The SMILES string of the molecule is CC1CN(C(=O)c2cc(Cl)cc([N+](=O)[O-])c2)C(C)CN1. The molecule has 1 aromatic rings. The minimum atomic E-state index is -0.549. The number of piperazine rings is 1. The van der Waals surface area contributed by atoms with Crippen molar-refractivity contribution in [2.75, 3.05) is 13.1 Å². The molecule has 7 heteroatoms. The first kappa shape index (κ1) is 14.7. The monoisotopic (exact) mass is 297 g/mol. The molecule has 1 amide bonds. The maximum Gasteiger partial charge on any atom is 0.271 e. The third kappa shape index (κ3) is 3.08. The van der Waals surface area contributed by atoms with Crippen molar-refractivity contribution in [3.05, 3.63) is 38.9 Å². The van der Waals surface area contributed by atoms with Gasteiger partial charge in [0.1, 0.15) is 0 Å². The second kappa shape index (κ2) is 5.76. The summed E-state index contributed by atoms with van der Waals surface area (Å²) in [6.45, 7) is 5.21. The number of nitro benzene ring substituents is 1. The van der Waals surface area contributed by atoms with E-state index in [0.29, 0.717) is 13.1 Å². The van der Waals surface area contributed by atoms with Crippen molar-refractivity contribution in [1.29, 1.82) is 0 Å². The highest BCUT2D eigenvalue weighted by Gasteiger charge is 2.28. The van der Waals surface area contributed by atoms with Gasteiger partial charge in [-0.1, -0.05) is 11.6 Å². The van der Waals surface area contributed by atoms with E-state index in [0.717, 1.165) is 0 Å². The maximum absolute atomic E-state index is 12.5. The Hall–Kier alpha value is -1.66. The molecule has 1 saturated heterocycles. The van der Waals surface area contributed by atoms with Gasteiger partial charge in [0.25, 0.3) is 11.6 Å². The van der Waals surface area contributed by atoms with E-state index >= 15 is 0 Å². The number of carbonyl (C=O) groups excluding carboxylic acids is 1. The molecule has 1 aromatic carbocycles. The van der Waals surface area contributed by atoms with E-state index in [4.69, 9.17) is 11.6 Å². The molecule has 1 heterocycles. The van der Waals surface area contributed by atoms with E-state index in [1.165, 1.54) is 18.2 Å². The summed E-state index contributed by atoms with van der Waals surface area (Å²) in [6, 6.07) is 4.22. The van der Waals surface area contributed by atoms with Crippen molar-refractivity contribution >= 4 is 23.2 Å². The molecule has 2 rings (SSSR count). The van der Waals surface area contributed by atoms with Crippen LogP contribution < -0.4 is 5.32 Å². The van der Waals surface area contributed by atoms with Crippen LogP contribution in [-0.4, -0.2) is 40.9 Å². The van der Waals surface area contributed by atoms with Crippen LogP contribution in [0.3, 0.4) is 0 Å². The number of nitrogens with one attached hydrogen (secondary N) is 1. The molecule has 0 spiro atoms. The normalized spacial score (nSPS) is 22.6. The fourth-order valence-corrected chi connectivity index (χ4v) is 2.50. The summed E-state index contributed by atoms with van der Waals surface area (Å²) in [6.07, 6.45) is 0. The predicted molar refractivity (Wildman–Crippen MR) is 76.1 cm³/mol. The third-order valence-corrected chi connectivity index (χ3v) is 3.58. The Kier molecular flexibility index (Phi) is 4.25. The quantitative estimate of drug-likeness (QED) is 0.670. The first-order valence-corrected chi connectivity index (χ1v) is 6.75. The Balaban J connectivity index is 2.30. The van der Waals surface area contributed by atoms with Crippen LogP contribution in [0.1, 0.15) is 24.2 Å². The van der Waals surface area contributed by atoms with E-state index in [2.05, 4.69) is 5.32 Å². The minimum Gasteiger partial charge on any atom is -0.333 e. The van der Waals surface area contributed by atoms with Crippen molar-refractivity contribution in [2.24, 2.45) is 0 Å². The Morgan fingerprint density at radius 1 is 1.45 bits per heavy atom. The van der Waals surface area contributed by atoms with Crippen LogP contribution >= 0.6 is 11.6 Å². The van der Waals surface area contributed by atoms with E-state index < -0.39 is 4.92 Å². The van der Waals surface area contributed by atoms with Gasteiger partial charge in [-0.2, -0.15) is 0 Å². The molecule has 108 valence electrons. The highest BCUT2D eigenvalue weighted by atomic mass is 35.5. The van der Waals surface area contributed by atoms with Gasteiger partial charge in [-0.25, -0.2) is 0 Å². The number of nitrogens with zero attached hydrogens (tertiary/aromatic N) is 2. The first-order chi connectivity index (χ1) is 9.38. The summed E-state index contributed by atoms with van der Waals surface area (Å²) in [5.41, 5.74) is 0.0850. The van der Waals surface area contributed by atoms with Gasteiger partial charge in [-0.15, -0.1) is 0 Å². The van der Waals surface area contributed by atoms with Crippen molar-refractivity contribution < 1.29 is 9.72 Å². The first-order valence-electron chi connectivity index (χ1n) is 6.38. The predicted octanol–water partition coefficient (Wildman–Crippen LogP) is 2.07. The lowest BCUT2D eigenvalue weighted by molar-refractivity contribution is -0.384. The average molecular weight is 298 g/mol. The molecule has 1 N–H and O–H groups in total. The molecular formula is C13H16ClN3O3. The van der Waals surface area contributed by atoms with Crippen molar-refractivity contribution in [3.63, 3.8) is 0 Å². The molecule has 0 aromatic heterocycles. The molecule has 0 radical (unpaired) electrons. The second-order valence-corrected chi connectivity index (χ2v) is 5.51. The Morgan fingerprint density at radius 2 is 2.15 bits per heavy atom. The highest BCUT2D eigenvalue weighted by molar-refractivity contribution is 6.31. The average Bonchev–Trinajstić information content (AvgIpc) is 2.40. The number of rotatable bonds is 2. The van der Waals surface area contributed by atoms with Gasteiger partial charge < -0.3 is 10.2 Å². The third-order valence-electron chi connectivity index (χ3n) is 3.37. The minimum absolute atomic E-state index is 0.0386. The van der Waals surface area contributed by atoms with E-state index in [9.17, 15) is 14.9 Å². The van der Waals surface area contributed by atoms with Crippen LogP contribution in [0.5, 0.6) is 0 Å². The smallest absolute Gasteiger partial charge is 0.271 e. The zero-order chi connectivity index (χ0) is 14.9. The van der Waals surface area contributed by atoms with Crippen LogP contribution in [0.4, 0.5) is 5.69 Å². The fourth-order valence-electron chi connectivity index (χ4n) is 2.27.